The minimum atomic E-state index is -1.03. The van der Waals surface area contributed by atoms with Gasteiger partial charge in [0.25, 0.3) is 5.91 Å². The van der Waals surface area contributed by atoms with Crippen LogP contribution in [0.4, 0.5) is 5.13 Å². The summed E-state index contributed by atoms with van der Waals surface area (Å²) in [5.74, 6) is -2.67. The molecule has 5 nitrogen and oxygen atoms in total. The standard InChI is InChI=1S/C16H10N2O3S3/c19-13(10-4-2-7-23-10)11-12(9-3-1-6-22-9)18(15(21)14(11)20)16-17-5-8-24-16/h1-8,11-12H. The van der Waals surface area contributed by atoms with E-state index in [0.717, 1.165) is 4.88 Å². The quantitative estimate of drug-likeness (QED) is 0.399. The van der Waals surface area contributed by atoms with Gasteiger partial charge >= 0.3 is 0 Å². The lowest BCUT2D eigenvalue weighted by atomic mass is 9.92. The molecule has 3 aromatic heterocycles. The molecule has 120 valence electrons. The number of ketones is 2. The molecule has 0 saturated carbocycles. The van der Waals surface area contributed by atoms with Crippen molar-refractivity contribution in [1.82, 2.24) is 4.98 Å². The number of nitrogens with zero attached hydrogens (tertiary/aromatic N) is 2. The summed E-state index contributed by atoms with van der Waals surface area (Å²) in [5, 5.41) is 5.84. The van der Waals surface area contributed by atoms with Gasteiger partial charge in [-0.3, -0.25) is 19.3 Å². The molecule has 8 heteroatoms. The Morgan fingerprint density at radius 2 is 1.83 bits per heavy atom. The molecule has 24 heavy (non-hydrogen) atoms. The van der Waals surface area contributed by atoms with Crippen LogP contribution in [-0.2, 0) is 9.59 Å². The molecule has 2 unspecified atom stereocenters. The van der Waals surface area contributed by atoms with E-state index in [9.17, 15) is 14.4 Å². The van der Waals surface area contributed by atoms with Crippen molar-refractivity contribution in [1.29, 1.82) is 0 Å². The van der Waals surface area contributed by atoms with Crippen LogP contribution >= 0.6 is 34.0 Å². The zero-order chi connectivity index (χ0) is 16.7. The molecular formula is C16H10N2O3S3. The summed E-state index contributed by atoms with van der Waals surface area (Å²) in [5.41, 5.74) is 0. The molecule has 1 fully saturated rings. The molecule has 0 N–H and O–H groups in total. The topological polar surface area (TPSA) is 67.3 Å². The minimum absolute atomic E-state index is 0.305. The molecule has 4 rings (SSSR count). The molecule has 2 atom stereocenters. The summed E-state index contributed by atoms with van der Waals surface area (Å²) >= 11 is 3.98. The lowest BCUT2D eigenvalue weighted by Gasteiger charge is -2.23. The Morgan fingerprint density at radius 1 is 1.04 bits per heavy atom. The number of hydrogen-bond acceptors (Lipinski definition) is 7. The van der Waals surface area contributed by atoms with Gasteiger partial charge in [0.2, 0.25) is 5.78 Å². The van der Waals surface area contributed by atoms with E-state index in [1.807, 2.05) is 17.5 Å². The number of thiophene rings is 2. The average Bonchev–Trinajstić information content (AvgIpc) is 3.37. The van der Waals surface area contributed by atoms with E-state index in [-0.39, 0.29) is 5.78 Å². The van der Waals surface area contributed by atoms with E-state index < -0.39 is 23.7 Å². The van der Waals surface area contributed by atoms with Crippen molar-refractivity contribution in [3.8, 4) is 0 Å². The van der Waals surface area contributed by atoms with Gasteiger partial charge < -0.3 is 0 Å². The van der Waals surface area contributed by atoms with Crippen molar-refractivity contribution in [2.75, 3.05) is 4.90 Å². The molecule has 1 aliphatic heterocycles. The van der Waals surface area contributed by atoms with Crippen molar-refractivity contribution in [3.05, 3.63) is 56.4 Å². The predicted molar refractivity (Wildman–Crippen MR) is 93.8 cm³/mol. The number of thiazole rings is 1. The van der Waals surface area contributed by atoms with Crippen molar-refractivity contribution in [2.24, 2.45) is 5.92 Å². The van der Waals surface area contributed by atoms with Crippen LogP contribution < -0.4 is 4.90 Å². The van der Waals surface area contributed by atoms with Crippen LogP contribution in [0, 0.1) is 5.92 Å². The van der Waals surface area contributed by atoms with Gasteiger partial charge in [-0.15, -0.1) is 34.0 Å². The zero-order valence-corrected chi connectivity index (χ0v) is 14.6. The summed E-state index contributed by atoms with van der Waals surface area (Å²) < 4.78 is 0. The van der Waals surface area contributed by atoms with Gasteiger partial charge in [-0.05, 0) is 22.9 Å². The maximum atomic E-state index is 12.9. The van der Waals surface area contributed by atoms with E-state index in [2.05, 4.69) is 4.98 Å². The van der Waals surface area contributed by atoms with Gasteiger partial charge in [0.15, 0.2) is 10.9 Å². The fraction of sp³-hybridized carbons (Fsp3) is 0.125. The molecule has 1 amide bonds. The molecule has 1 aliphatic rings. The third kappa shape index (κ3) is 2.34. The Kier molecular flexibility index (Phi) is 3.87. The first-order valence-corrected chi connectivity index (χ1v) is 9.70. The van der Waals surface area contributed by atoms with Gasteiger partial charge in [0.1, 0.15) is 5.92 Å². The normalized spacial score (nSPS) is 20.8. The maximum Gasteiger partial charge on any atom is 0.297 e. The van der Waals surface area contributed by atoms with Crippen molar-refractivity contribution >= 4 is 56.6 Å². The van der Waals surface area contributed by atoms with Gasteiger partial charge in [-0.1, -0.05) is 12.1 Å². The van der Waals surface area contributed by atoms with Crippen molar-refractivity contribution < 1.29 is 14.4 Å². The molecule has 3 aromatic rings. The number of anilines is 1. The third-order valence-corrected chi connectivity index (χ3v) is 6.41. The first-order chi connectivity index (χ1) is 11.7. The van der Waals surface area contributed by atoms with Crippen LogP contribution in [0.1, 0.15) is 20.6 Å². The lowest BCUT2D eigenvalue weighted by Crippen LogP contribution is -2.29. The molecule has 0 bridgehead atoms. The third-order valence-electron chi connectivity index (χ3n) is 3.81. The number of carbonyl (C=O) groups is 3. The fourth-order valence-electron chi connectivity index (χ4n) is 2.80. The number of aromatic nitrogens is 1. The van der Waals surface area contributed by atoms with Crippen molar-refractivity contribution in [2.45, 2.75) is 6.04 Å². The summed E-state index contributed by atoms with van der Waals surface area (Å²) in [6.45, 7) is 0. The molecular weight excluding hydrogens is 364 g/mol. The van der Waals surface area contributed by atoms with Crippen LogP contribution in [0.3, 0.4) is 0 Å². The molecule has 4 heterocycles. The first-order valence-electron chi connectivity index (χ1n) is 7.06. The number of amides is 1. The second kappa shape index (κ2) is 6.04. The monoisotopic (exact) mass is 374 g/mol. The second-order valence-electron chi connectivity index (χ2n) is 5.13. The van der Waals surface area contributed by atoms with Crippen LogP contribution in [0.15, 0.2) is 46.6 Å². The summed E-state index contributed by atoms with van der Waals surface area (Å²) in [6.07, 6.45) is 1.58. The predicted octanol–water partition coefficient (Wildman–Crippen LogP) is 3.42. The van der Waals surface area contributed by atoms with Gasteiger partial charge in [0, 0.05) is 16.5 Å². The highest BCUT2D eigenvalue weighted by molar-refractivity contribution is 7.14. The summed E-state index contributed by atoms with van der Waals surface area (Å²) in [6, 6.07) is 6.50. The van der Waals surface area contributed by atoms with Crippen LogP contribution in [0.5, 0.6) is 0 Å². The number of hydrogen-bond donors (Lipinski definition) is 0. The van der Waals surface area contributed by atoms with E-state index in [4.69, 9.17) is 0 Å². The second-order valence-corrected chi connectivity index (χ2v) is 7.93. The van der Waals surface area contributed by atoms with Gasteiger partial charge in [-0.25, -0.2) is 4.98 Å². The number of Topliss-reactive ketones (excluding diaryl/α,β-unsaturated/α-hetero) is 2. The van der Waals surface area contributed by atoms with Crippen LogP contribution in [0.2, 0.25) is 0 Å². The maximum absolute atomic E-state index is 12.9. The van der Waals surface area contributed by atoms with Crippen molar-refractivity contribution in [3.63, 3.8) is 0 Å². The first kappa shape index (κ1) is 15.4. The highest BCUT2D eigenvalue weighted by atomic mass is 32.1. The Bertz CT molecular complexity index is 885. The lowest BCUT2D eigenvalue weighted by molar-refractivity contribution is -0.135. The summed E-state index contributed by atoms with van der Waals surface area (Å²) in [4.78, 5) is 44.9. The molecule has 0 aromatic carbocycles. The average molecular weight is 374 g/mol. The Labute approximate surface area is 149 Å². The van der Waals surface area contributed by atoms with Gasteiger partial charge in [0.05, 0.1) is 10.9 Å². The number of rotatable bonds is 4. The molecule has 0 aliphatic carbocycles. The minimum Gasteiger partial charge on any atom is -0.292 e. The fourth-order valence-corrected chi connectivity index (χ4v) is 5.03. The largest absolute Gasteiger partial charge is 0.297 e. The molecule has 1 saturated heterocycles. The highest BCUT2D eigenvalue weighted by Gasteiger charge is 2.53. The van der Waals surface area contributed by atoms with Crippen LogP contribution in [0.25, 0.3) is 0 Å². The zero-order valence-electron chi connectivity index (χ0n) is 12.1. The number of carbonyl (C=O) groups excluding carboxylic acids is 3. The SMILES string of the molecule is O=C1C(=O)N(c2nccs2)C(c2cccs2)C1C(=O)c1cccs1. The smallest absolute Gasteiger partial charge is 0.292 e. The van der Waals surface area contributed by atoms with E-state index in [1.54, 1.807) is 29.1 Å². The van der Waals surface area contributed by atoms with Crippen LogP contribution in [-0.4, -0.2) is 22.5 Å². The Balaban J connectivity index is 1.84. The van der Waals surface area contributed by atoms with E-state index in [0.29, 0.717) is 10.0 Å². The summed E-state index contributed by atoms with van der Waals surface area (Å²) in [7, 11) is 0. The van der Waals surface area contributed by atoms with Gasteiger partial charge in [-0.2, -0.15) is 0 Å². The van der Waals surface area contributed by atoms with E-state index in [1.165, 1.54) is 38.9 Å². The molecule has 0 radical (unpaired) electrons. The van der Waals surface area contributed by atoms with E-state index >= 15 is 0 Å². The Morgan fingerprint density at radius 3 is 2.46 bits per heavy atom. The molecule has 0 spiro atoms. The Hall–Kier alpha value is -2.16. The highest BCUT2D eigenvalue weighted by Crippen LogP contribution is 2.43.